The first kappa shape index (κ1) is 14.5. The number of rotatable bonds is 4. The smallest absolute Gasteiger partial charge is 0.262 e. The van der Waals surface area contributed by atoms with Crippen molar-refractivity contribution in [3.63, 3.8) is 0 Å². The van der Waals surface area contributed by atoms with Gasteiger partial charge in [-0.3, -0.25) is 9.71 Å². The van der Waals surface area contributed by atoms with Crippen LogP contribution in [0, 0.1) is 5.82 Å². The van der Waals surface area contributed by atoms with Gasteiger partial charge in [-0.15, -0.1) is 0 Å². The average molecular weight is 294 g/mol. The van der Waals surface area contributed by atoms with Gasteiger partial charge in [0.25, 0.3) is 10.0 Å². The van der Waals surface area contributed by atoms with Crippen molar-refractivity contribution in [2.75, 3.05) is 4.72 Å². The Morgan fingerprint density at radius 2 is 1.95 bits per heavy atom. The number of pyridine rings is 1. The van der Waals surface area contributed by atoms with Crippen LogP contribution in [-0.2, 0) is 10.0 Å². The quantitative estimate of drug-likeness (QED) is 0.942. The second-order valence-electron chi connectivity index (χ2n) is 4.72. The fourth-order valence-corrected chi connectivity index (χ4v) is 2.74. The summed E-state index contributed by atoms with van der Waals surface area (Å²) in [5.41, 5.74) is 1.28. The van der Waals surface area contributed by atoms with Gasteiger partial charge in [-0.2, -0.15) is 0 Å². The van der Waals surface area contributed by atoms with Gasteiger partial charge in [-0.25, -0.2) is 12.8 Å². The highest BCUT2D eigenvalue weighted by Crippen LogP contribution is 2.20. The lowest BCUT2D eigenvalue weighted by Crippen LogP contribution is -2.13. The van der Waals surface area contributed by atoms with Gasteiger partial charge in [0.05, 0.1) is 16.8 Å². The summed E-state index contributed by atoms with van der Waals surface area (Å²) < 4.78 is 39.8. The number of anilines is 1. The lowest BCUT2D eigenvalue weighted by atomic mass is 10.1. The van der Waals surface area contributed by atoms with Gasteiger partial charge < -0.3 is 0 Å². The van der Waals surface area contributed by atoms with E-state index in [2.05, 4.69) is 9.71 Å². The number of benzene rings is 1. The zero-order valence-corrected chi connectivity index (χ0v) is 12.0. The predicted octanol–water partition coefficient (Wildman–Crippen LogP) is 3.14. The van der Waals surface area contributed by atoms with Crippen molar-refractivity contribution in [3.05, 3.63) is 54.1 Å². The molecular weight excluding hydrogens is 279 g/mol. The zero-order valence-electron chi connectivity index (χ0n) is 11.2. The molecule has 20 heavy (non-hydrogen) atoms. The molecule has 0 bridgehead atoms. The Bertz CT molecular complexity index is 715. The molecule has 0 radical (unpaired) electrons. The number of hydrogen-bond acceptors (Lipinski definition) is 3. The van der Waals surface area contributed by atoms with Crippen molar-refractivity contribution in [1.29, 1.82) is 0 Å². The van der Waals surface area contributed by atoms with Gasteiger partial charge in [-0.1, -0.05) is 19.9 Å². The molecule has 0 spiro atoms. The molecule has 0 atom stereocenters. The standard InChI is InChI=1S/C14H15FN2O2S/c1-10(2)11-6-13(9-16-8-11)17-20(18,19)14-5-3-4-12(15)7-14/h3-10,17H,1-2H3. The molecule has 0 saturated carbocycles. The minimum absolute atomic E-state index is 0.118. The van der Waals surface area contributed by atoms with E-state index in [4.69, 9.17) is 0 Å². The fraction of sp³-hybridized carbons (Fsp3) is 0.214. The van der Waals surface area contributed by atoms with Crippen LogP contribution in [0.5, 0.6) is 0 Å². The molecule has 4 nitrogen and oxygen atoms in total. The molecule has 6 heteroatoms. The average Bonchev–Trinajstić information content (AvgIpc) is 2.38. The third-order valence-corrected chi connectivity index (χ3v) is 4.16. The van der Waals surface area contributed by atoms with Crippen LogP contribution in [-0.4, -0.2) is 13.4 Å². The van der Waals surface area contributed by atoms with Crippen molar-refractivity contribution in [2.24, 2.45) is 0 Å². The molecular formula is C14H15FN2O2S. The third kappa shape index (κ3) is 3.33. The molecule has 106 valence electrons. The zero-order chi connectivity index (χ0) is 14.8. The highest BCUT2D eigenvalue weighted by molar-refractivity contribution is 7.92. The highest BCUT2D eigenvalue weighted by atomic mass is 32.2. The second kappa shape index (κ2) is 5.58. The van der Waals surface area contributed by atoms with Crippen LogP contribution in [0.4, 0.5) is 10.1 Å². The molecule has 1 N–H and O–H groups in total. The Labute approximate surface area is 117 Å². The van der Waals surface area contributed by atoms with Crippen LogP contribution in [0.2, 0.25) is 0 Å². The number of sulfonamides is 1. The SMILES string of the molecule is CC(C)c1cncc(NS(=O)(=O)c2cccc(F)c2)c1. The lowest BCUT2D eigenvalue weighted by molar-refractivity contribution is 0.595. The Morgan fingerprint density at radius 3 is 2.60 bits per heavy atom. The second-order valence-corrected chi connectivity index (χ2v) is 6.41. The van der Waals surface area contributed by atoms with Gasteiger partial charge in [0.15, 0.2) is 0 Å². The van der Waals surface area contributed by atoms with Crippen LogP contribution < -0.4 is 4.72 Å². The molecule has 0 aliphatic heterocycles. The lowest BCUT2D eigenvalue weighted by Gasteiger charge is -2.10. The molecule has 0 unspecified atom stereocenters. The van der Waals surface area contributed by atoms with Gasteiger partial charge in [0.1, 0.15) is 5.82 Å². The molecule has 1 aromatic carbocycles. The van der Waals surface area contributed by atoms with E-state index in [9.17, 15) is 12.8 Å². The van der Waals surface area contributed by atoms with Gasteiger partial charge in [0, 0.05) is 6.20 Å². The van der Waals surface area contributed by atoms with Crippen molar-refractivity contribution < 1.29 is 12.8 Å². The summed E-state index contributed by atoms with van der Waals surface area (Å²) >= 11 is 0. The van der Waals surface area contributed by atoms with Gasteiger partial charge in [-0.05, 0) is 35.7 Å². The number of aromatic nitrogens is 1. The summed E-state index contributed by atoms with van der Waals surface area (Å²) in [6.07, 6.45) is 3.10. The van der Waals surface area contributed by atoms with E-state index in [1.165, 1.54) is 24.4 Å². The summed E-state index contributed by atoms with van der Waals surface area (Å²) in [5.74, 6) is -0.358. The third-order valence-electron chi connectivity index (χ3n) is 2.78. The maximum absolute atomic E-state index is 13.1. The number of halogens is 1. The number of nitrogens with one attached hydrogen (secondary N) is 1. The minimum atomic E-state index is -3.81. The normalized spacial score (nSPS) is 11.6. The molecule has 1 heterocycles. The Kier molecular flexibility index (Phi) is 4.04. The number of hydrogen-bond donors (Lipinski definition) is 1. The molecule has 1 aromatic heterocycles. The van der Waals surface area contributed by atoms with Crippen molar-refractivity contribution in [2.45, 2.75) is 24.7 Å². The van der Waals surface area contributed by atoms with E-state index in [-0.39, 0.29) is 10.8 Å². The van der Waals surface area contributed by atoms with E-state index >= 15 is 0 Å². The van der Waals surface area contributed by atoms with E-state index < -0.39 is 15.8 Å². The molecule has 2 aromatic rings. The first-order chi connectivity index (χ1) is 9.38. The van der Waals surface area contributed by atoms with Crippen LogP contribution in [0.1, 0.15) is 25.3 Å². The highest BCUT2D eigenvalue weighted by Gasteiger charge is 2.15. The first-order valence-corrected chi connectivity index (χ1v) is 7.60. The summed E-state index contributed by atoms with van der Waals surface area (Å²) in [5, 5.41) is 0. The Hall–Kier alpha value is -1.95. The van der Waals surface area contributed by atoms with Crippen LogP contribution in [0.3, 0.4) is 0 Å². The first-order valence-electron chi connectivity index (χ1n) is 6.12. The largest absolute Gasteiger partial charge is 0.278 e. The Balaban J connectivity index is 2.31. The maximum Gasteiger partial charge on any atom is 0.262 e. The van der Waals surface area contributed by atoms with E-state index in [0.717, 1.165) is 11.6 Å². The summed E-state index contributed by atoms with van der Waals surface area (Å²) in [6, 6.07) is 6.58. The topological polar surface area (TPSA) is 59.1 Å². The predicted molar refractivity (Wildman–Crippen MR) is 75.5 cm³/mol. The van der Waals surface area contributed by atoms with Crippen LogP contribution in [0.25, 0.3) is 0 Å². The van der Waals surface area contributed by atoms with E-state index in [0.29, 0.717) is 5.69 Å². The fourth-order valence-electron chi connectivity index (χ4n) is 1.68. The summed E-state index contributed by atoms with van der Waals surface area (Å²) in [7, 11) is -3.81. The van der Waals surface area contributed by atoms with E-state index in [1.807, 2.05) is 13.8 Å². The summed E-state index contributed by atoms with van der Waals surface area (Å²) in [6.45, 7) is 3.98. The van der Waals surface area contributed by atoms with E-state index in [1.54, 1.807) is 12.3 Å². The molecule has 0 fully saturated rings. The minimum Gasteiger partial charge on any atom is -0.278 e. The molecule has 0 amide bonds. The van der Waals surface area contributed by atoms with Crippen LogP contribution >= 0.6 is 0 Å². The Morgan fingerprint density at radius 1 is 1.20 bits per heavy atom. The van der Waals surface area contributed by atoms with Crippen molar-refractivity contribution in [1.82, 2.24) is 4.98 Å². The summed E-state index contributed by atoms with van der Waals surface area (Å²) in [4.78, 5) is 3.88. The monoisotopic (exact) mass is 294 g/mol. The molecule has 0 aliphatic rings. The van der Waals surface area contributed by atoms with Crippen molar-refractivity contribution in [3.8, 4) is 0 Å². The van der Waals surface area contributed by atoms with Gasteiger partial charge >= 0.3 is 0 Å². The molecule has 2 rings (SSSR count). The van der Waals surface area contributed by atoms with Gasteiger partial charge in [0.2, 0.25) is 0 Å². The molecule has 0 saturated heterocycles. The maximum atomic E-state index is 13.1. The van der Waals surface area contributed by atoms with Crippen molar-refractivity contribution >= 4 is 15.7 Å². The van der Waals surface area contributed by atoms with Crippen LogP contribution in [0.15, 0.2) is 47.6 Å². The number of nitrogens with zero attached hydrogens (tertiary/aromatic N) is 1. The molecule has 0 aliphatic carbocycles.